The summed E-state index contributed by atoms with van der Waals surface area (Å²) in [6, 6.07) is 14.7. The van der Waals surface area contributed by atoms with Crippen molar-refractivity contribution in [2.45, 2.75) is 27.7 Å². The van der Waals surface area contributed by atoms with Gasteiger partial charge in [-0.2, -0.15) is 0 Å². The lowest BCUT2D eigenvalue weighted by Gasteiger charge is -2.21. The third-order valence-corrected chi connectivity index (χ3v) is 3.60. The van der Waals surface area contributed by atoms with Crippen LogP contribution in [0.2, 0.25) is 0 Å². The molecule has 2 rings (SSSR count). The summed E-state index contributed by atoms with van der Waals surface area (Å²) in [5.41, 5.74) is 5.98. The molecule has 0 amide bonds. The smallest absolute Gasteiger partial charge is 0.106 e. The molecule has 104 valence electrons. The van der Waals surface area contributed by atoms with Crippen LogP contribution in [0.25, 0.3) is 0 Å². The zero-order valence-electron chi connectivity index (χ0n) is 12.9. The van der Waals surface area contributed by atoms with Gasteiger partial charge in [0.2, 0.25) is 0 Å². The van der Waals surface area contributed by atoms with Crippen LogP contribution < -0.4 is 4.90 Å². The summed E-state index contributed by atoms with van der Waals surface area (Å²) in [7, 11) is 2.06. The van der Waals surface area contributed by atoms with Gasteiger partial charge in [0, 0.05) is 12.7 Å². The fourth-order valence-electron chi connectivity index (χ4n) is 2.29. The molecule has 0 aromatic heterocycles. The summed E-state index contributed by atoms with van der Waals surface area (Å²) in [6.07, 6.45) is 0. The lowest BCUT2D eigenvalue weighted by atomic mass is 10.1. The van der Waals surface area contributed by atoms with E-state index in [4.69, 9.17) is 4.99 Å². The number of hydrogen-bond acceptors (Lipinski definition) is 1. The number of benzene rings is 2. The fourth-order valence-corrected chi connectivity index (χ4v) is 2.29. The van der Waals surface area contributed by atoms with Gasteiger partial charge in [-0.3, -0.25) is 0 Å². The summed E-state index contributed by atoms with van der Waals surface area (Å²) in [6.45, 7) is 8.39. The average Bonchev–Trinajstić information content (AvgIpc) is 2.40. The Kier molecular flexibility index (Phi) is 4.23. The second-order valence-electron chi connectivity index (χ2n) is 5.29. The summed E-state index contributed by atoms with van der Waals surface area (Å²) < 4.78 is 0. The zero-order valence-corrected chi connectivity index (χ0v) is 12.9. The minimum absolute atomic E-state index is 0.992. The average molecular weight is 266 g/mol. The second-order valence-corrected chi connectivity index (χ2v) is 5.29. The van der Waals surface area contributed by atoms with Gasteiger partial charge in [0.05, 0.1) is 5.69 Å². The Balaban J connectivity index is 2.33. The van der Waals surface area contributed by atoms with Crippen LogP contribution in [0.4, 0.5) is 11.4 Å². The molecule has 0 aliphatic heterocycles. The number of anilines is 1. The number of para-hydroxylation sites is 1. The Hall–Kier alpha value is -2.09. The van der Waals surface area contributed by atoms with Gasteiger partial charge < -0.3 is 4.90 Å². The minimum atomic E-state index is 0.992. The normalized spacial score (nSPS) is 11.6. The summed E-state index contributed by atoms with van der Waals surface area (Å²) in [4.78, 5) is 6.88. The Morgan fingerprint density at radius 2 is 1.65 bits per heavy atom. The summed E-state index contributed by atoms with van der Waals surface area (Å²) >= 11 is 0. The molecule has 0 heterocycles. The second kappa shape index (κ2) is 5.91. The van der Waals surface area contributed by atoms with Crippen molar-refractivity contribution in [3.8, 4) is 0 Å². The molecule has 0 atom stereocenters. The molecular weight excluding hydrogens is 244 g/mol. The first-order chi connectivity index (χ1) is 9.49. The maximum atomic E-state index is 4.74. The van der Waals surface area contributed by atoms with Crippen LogP contribution in [0.15, 0.2) is 47.5 Å². The lowest BCUT2D eigenvalue weighted by Crippen LogP contribution is -2.24. The largest absolute Gasteiger partial charge is 0.333 e. The van der Waals surface area contributed by atoms with Gasteiger partial charge >= 0.3 is 0 Å². The lowest BCUT2D eigenvalue weighted by molar-refractivity contribution is 1.20. The summed E-state index contributed by atoms with van der Waals surface area (Å²) in [5.74, 6) is 0.992. The van der Waals surface area contributed by atoms with E-state index >= 15 is 0 Å². The van der Waals surface area contributed by atoms with Crippen molar-refractivity contribution in [3.63, 3.8) is 0 Å². The number of hydrogen-bond donors (Lipinski definition) is 0. The van der Waals surface area contributed by atoms with E-state index in [0.717, 1.165) is 11.5 Å². The van der Waals surface area contributed by atoms with E-state index in [-0.39, 0.29) is 0 Å². The Morgan fingerprint density at radius 1 is 0.950 bits per heavy atom. The van der Waals surface area contributed by atoms with E-state index in [9.17, 15) is 0 Å². The first kappa shape index (κ1) is 14.3. The van der Waals surface area contributed by atoms with E-state index < -0.39 is 0 Å². The van der Waals surface area contributed by atoms with Gasteiger partial charge in [0.15, 0.2) is 0 Å². The molecule has 2 heteroatoms. The van der Waals surface area contributed by atoms with Crippen molar-refractivity contribution in [1.82, 2.24) is 0 Å². The predicted molar refractivity (Wildman–Crippen MR) is 88.3 cm³/mol. The Morgan fingerprint density at radius 3 is 2.30 bits per heavy atom. The van der Waals surface area contributed by atoms with Gasteiger partial charge in [-0.1, -0.05) is 35.9 Å². The molecule has 0 spiro atoms. The molecular formula is C18H22N2. The van der Waals surface area contributed by atoms with E-state index in [0.29, 0.717) is 0 Å². The van der Waals surface area contributed by atoms with Gasteiger partial charge in [-0.05, 0) is 51.0 Å². The molecule has 0 N–H and O–H groups in total. The standard InChI is InChI=1S/C18H22N2/c1-13-10-11-18(15(3)12-13)20(5)16(4)19-17-9-7-6-8-14(17)2/h6-12H,1-5H3. The summed E-state index contributed by atoms with van der Waals surface area (Å²) in [5, 5.41) is 0. The number of amidine groups is 1. The molecule has 2 nitrogen and oxygen atoms in total. The SMILES string of the molecule is CC(=Nc1ccccc1C)N(C)c1ccc(C)cc1C. The topological polar surface area (TPSA) is 15.6 Å². The van der Waals surface area contributed by atoms with Crippen molar-refractivity contribution in [2.24, 2.45) is 4.99 Å². The molecule has 0 saturated heterocycles. The van der Waals surface area contributed by atoms with Crippen LogP contribution in [0.3, 0.4) is 0 Å². The molecule has 0 unspecified atom stereocenters. The van der Waals surface area contributed by atoms with Gasteiger partial charge in [-0.15, -0.1) is 0 Å². The molecule has 0 fully saturated rings. The Bertz CT molecular complexity index is 642. The minimum Gasteiger partial charge on any atom is -0.333 e. The molecule has 2 aromatic carbocycles. The van der Waals surface area contributed by atoms with E-state index in [1.807, 2.05) is 19.1 Å². The van der Waals surface area contributed by atoms with Crippen molar-refractivity contribution in [1.29, 1.82) is 0 Å². The highest BCUT2D eigenvalue weighted by Crippen LogP contribution is 2.23. The van der Waals surface area contributed by atoms with E-state index in [2.05, 4.69) is 63.1 Å². The number of aryl methyl sites for hydroxylation is 3. The third kappa shape index (κ3) is 3.08. The molecule has 20 heavy (non-hydrogen) atoms. The van der Waals surface area contributed by atoms with Crippen LogP contribution in [-0.2, 0) is 0 Å². The van der Waals surface area contributed by atoms with Gasteiger partial charge in [0.1, 0.15) is 5.84 Å². The van der Waals surface area contributed by atoms with Crippen LogP contribution in [0.5, 0.6) is 0 Å². The van der Waals surface area contributed by atoms with E-state index in [1.54, 1.807) is 0 Å². The van der Waals surface area contributed by atoms with Crippen molar-refractivity contribution in [2.75, 3.05) is 11.9 Å². The molecule has 0 bridgehead atoms. The molecule has 0 radical (unpaired) electrons. The number of nitrogens with zero attached hydrogens (tertiary/aromatic N) is 2. The predicted octanol–water partition coefficient (Wildman–Crippen LogP) is 4.80. The highest BCUT2D eigenvalue weighted by molar-refractivity contribution is 5.97. The first-order valence-corrected chi connectivity index (χ1v) is 6.91. The first-order valence-electron chi connectivity index (χ1n) is 6.91. The molecule has 2 aromatic rings. The zero-order chi connectivity index (χ0) is 14.7. The Labute approximate surface area is 121 Å². The maximum Gasteiger partial charge on any atom is 0.106 e. The van der Waals surface area contributed by atoms with Gasteiger partial charge in [0.25, 0.3) is 0 Å². The number of rotatable bonds is 2. The van der Waals surface area contributed by atoms with Crippen LogP contribution >= 0.6 is 0 Å². The van der Waals surface area contributed by atoms with Crippen LogP contribution in [0.1, 0.15) is 23.6 Å². The highest BCUT2D eigenvalue weighted by Gasteiger charge is 2.08. The maximum absolute atomic E-state index is 4.74. The molecule has 0 aliphatic carbocycles. The third-order valence-electron chi connectivity index (χ3n) is 3.60. The van der Waals surface area contributed by atoms with Gasteiger partial charge in [-0.25, -0.2) is 4.99 Å². The van der Waals surface area contributed by atoms with Crippen molar-refractivity contribution < 1.29 is 0 Å². The van der Waals surface area contributed by atoms with Crippen molar-refractivity contribution >= 4 is 17.2 Å². The number of aliphatic imine (C=N–C) groups is 1. The fraction of sp³-hybridized carbons (Fsp3) is 0.278. The van der Waals surface area contributed by atoms with Crippen LogP contribution in [-0.4, -0.2) is 12.9 Å². The monoisotopic (exact) mass is 266 g/mol. The van der Waals surface area contributed by atoms with Crippen molar-refractivity contribution in [3.05, 3.63) is 59.2 Å². The van der Waals surface area contributed by atoms with E-state index in [1.165, 1.54) is 22.4 Å². The quantitative estimate of drug-likeness (QED) is 0.563. The molecule has 0 saturated carbocycles. The molecule has 0 aliphatic rings. The van der Waals surface area contributed by atoms with Crippen LogP contribution in [0, 0.1) is 20.8 Å². The highest BCUT2D eigenvalue weighted by atomic mass is 15.2.